The van der Waals surface area contributed by atoms with E-state index in [4.69, 9.17) is 9.47 Å². The van der Waals surface area contributed by atoms with Gasteiger partial charge in [0.25, 0.3) is 5.91 Å². The van der Waals surface area contributed by atoms with Crippen molar-refractivity contribution >= 4 is 21.4 Å². The quantitative estimate of drug-likeness (QED) is 0.927. The van der Waals surface area contributed by atoms with Gasteiger partial charge in [0.2, 0.25) is 6.10 Å². The second kappa shape index (κ2) is 5.92. The second-order valence-corrected chi connectivity index (χ2v) is 7.17. The maximum absolute atomic E-state index is 12.2. The highest BCUT2D eigenvalue weighted by molar-refractivity contribution is 7.90. The number of sulfone groups is 1. The highest BCUT2D eigenvalue weighted by atomic mass is 32.2. The lowest BCUT2D eigenvalue weighted by Crippen LogP contribution is -2.40. The lowest BCUT2D eigenvalue weighted by Gasteiger charge is -2.25. The molecule has 0 saturated carbocycles. The second-order valence-electron chi connectivity index (χ2n) is 5.15. The van der Waals surface area contributed by atoms with Crippen molar-refractivity contribution in [3.05, 3.63) is 48.5 Å². The highest BCUT2D eigenvalue weighted by Crippen LogP contribution is 2.31. The molecule has 1 aliphatic heterocycles. The first-order chi connectivity index (χ1) is 10.9. The summed E-state index contributed by atoms with van der Waals surface area (Å²) in [6, 6.07) is 13.1. The molecule has 1 atom stereocenters. The van der Waals surface area contributed by atoms with Gasteiger partial charge in [-0.25, -0.2) is 8.42 Å². The Bertz CT molecular complexity index is 830. The van der Waals surface area contributed by atoms with Crippen molar-refractivity contribution in [2.45, 2.75) is 11.0 Å². The van der Waals surface area contributed by atoms with E-state index in [-0.39, 0.29) is 17.4 Å². The van der Waals surface area contributed by atoms with Gasteiger partial charge in [0, 0.05) is 11.9 Å². The van der Waals surface area contributed by atoms with E-state index in [0.29, 0.717) is 17.2 Å². The molecule has 0 saturated heterocycles. The van der Waals surface area contributed by atoms with Crippen LogP contribution in [0.2, 0.25) is 0 Å². The molecule has 7 heteroatoms. The largest absolute Gasteiger partial charge is 0.485 e. The van der Waals surface area contributed by atoms with Crippen molar-refractivity contribution in [1.29, 1.82) is 0 Å². The number of nitrogens with one attached hydrogen (secondary N) is 1. The number of carbonyl (C=O) groups excluding carboxylic acids is 1. The van der Waals surface area contributed by atoms with Gasteiger partial charge in [0.1, 0.15) is 6.61 Å². The minimum atomic E-state index is -3.26. The molecule has 0 unspecified atom stereocenters. The molecule has 3 rings (SSSR count). The minimum Gasteiger partial charge on any atom is -0.485 e. The number of benzene rings is 2. The molecule has 2 aromatic rings. The number of hydrogen-bond acceptors (Lipinski definition) is 5. The molecule has 120 valence electrons. The van der Waals surface area contributed by atoms with Gasteiger partial charge in [0.15, 0.2) is 21.3 Å². The Kier molecular flexibility index (Phi) is 3.96. The summed E-state index contributed by atoms with van der Waals surface area (Å²) >= 11 is 0. The van der Waals surface area contributed by atoms with Crippen LogP contribution in [0, 0.1) is 0 Å². The molecular weight excluding hydrogens is 318 g/mol. The van der Waals surface area contributed by atoms with E-state index < -0.39 is 15.9 Å². The number of amides is 1. The smallest absolute Gasteiger partial charge is 0.269 e. The van der Waals surface area contributed by atoms with Crippen LogP contribution in [0.4, 0.5) is 5.69 Å². The van der Waals surface area contributed by atoms with Crippen LogP contribution in [0.5, 0.6) is 11.5 Å². The predicted molar refractivity (Wildman–Crippen MR) is 84.5 cm³/mol. The number of hydrogen-bond donors (Lipinski definition) is 1. The van der Waals surface area contributed by atoms with Gasteiger partial charge >= 0.3 is 0 Å². The van der Waals surface area contributed by atoms with E-state index in [1.54, 1.807) is 18.2 Å². The molecule has 1 aliphatic rings. The SMILES string of the molecule is CS(=O)(=O)c1ccc(NC(=O)[C@H]2COc3ccccc3O2)cc1. The molecule has 6 nitrogen and oxygen atoms in total. The molecule has 0 aromatic heterocycles. The molecule has 1 amide bonds. The lowest BCUT2D eigenvalue weighted by molar-refractivity contribution is -0.125. The van der Waals surface area contributed by atoms with Gasteiger partial charge in [-0.05, 0) is 36.4 Å². The van der Waals surface area contributed by atoms with Crippen LogP contribution in [0.3, 0.4) is 0 Å². The van der Waals surface area contributed by atoms with Crippen LogP contribution < -0.4 is 14.8 Å². The van der Waals surface area contributed by atoms with E-state index in [1.165, 1.54) is 24.3 Å². The minimum absolute atomic E-state index is 0.115. The van der Waals surface area contributed by atoms with Crippen molar-refractivity contribution in [2.24, 2.45) is 0 Å². The number of rotatable bonds is 3. The Labute approximate surface area is 134 Å². The molecular formula is C16H15NO5S. The summed E-state index contributed by atoms with van der Waals surface area (Å²) in [6.07, 6.45) is 0.366. The van der Waals surface area contributed by atoms with E-state index in [1.807, 2.05) is 6.07 Å². The van der Waals surface area contributed by atoms with Crippen LogP contribution in [0.1, 0.15) is 0 Å². The number of para-hydroxylation sites is 2. The van der Waals surface area contributed by atoms with Gasteiger partial charge in [0.05, 0.1) is 4.90 Å². The van der Waals surface area contributed by atoms with Gasteiger partial charge < -0.3 is 14.8 Å². The topological polar surface area (TPSA) is 81.7 Å². The van der Waals surface area contributed by atoms with Crippen LogP contribution in [-0.4, -0.2) is 33.3 Å². The third-order valence-electron chi connectivity index (χ3n) is 3.35. The fourth-order valence-electron chi connectivity index (χ4n) is 2.16. The van der Waals surface area contributed by atoms with E-state index in [2.05, 4.69) is 5.32 Å². The zero-order valence-electron chi connectivity index (χ0n) is 12.4. The lowest BCUT2D eigenvalue weighted by atomic mass is 10.2. The number of carbonyl (C=O) groups is 1. The Balaban J connectivity index is 1.68. The Morgan fingerprint density at radius 1 is 1.09 bits per heavy atom. The van der Waals surface area contributed by atoms with Gasteiger partial charge in [-0.3, -0.25) is 4.79 Å². The zero-order valence-corrected chi connectivity index (χ0v) is 13.2. The molecule has 2 aromatic carbocycles. The molecule has 0 radical (unpaired) electrons. The fraction of sp³-hybridized carbons (Fsp3) is 0.188. The normalized spacial score (nSPS) is 16.7. The summed E-state index contributed by atoms with van der Waals surface area (Å²) in [5, 5.41) is 2.68. The summed E-state index contributed by atoms with van der Waals surface area (Å²) in [5.74, 6) is 0.770. The number of fused-ring (bicyclic) bond motifs is 1. The zero-order chi connectivity index (χ0) is 16.4. The van der Waals surface area contributed by atoms with Crippen LogP contribution in [0.15, 0.2) is 53.4 Å². The average Bonchev–Trinajstić information content (AvgIpc) is 2.54. The molecule has 1 N–H and O–H groups in total. The standard InChI is InChI=1S/C16H15NO5S/c1-23(19,20)12-8-6-11(7-9-12)17-16(18)15-10-21-13-4-2-3-5-14(13)22-15/h2-9,15H,10H2,1H3,(H,17,18)/t15-/m1/s1. The van der Waals surface area contributed by atoms with Crippen molar-refractivity contribution < 1.29 is 22.7 Å². The Morgan fingerprint density at radius 3 is 2.39 bits per heavy atom. The Hall–Kier alpha value is -2.54. The van der Waals surface area contributed by atoms with E-state index in [9.17, 15) is 13.2 Å². The molecule has 0 fully saturated rings. The first-order valence-electron chi connectivity index (χ1n) is 6.93. The summed E-state index contributed by atoms with van der Waals surface area (Å²) in [5.41, 5.74) is 0.491. The van der Waals surface area contributed by atoms with Crippen molar-refractivity contribution in [3.8, 4) is 11.5 Å². The Morgan fingerprint density at radius 2 is 1.74 bits per heavy atom. The van der Waals surface area contributed by atoms with Crippen molar-refractivity contribution in [3.63, 3.8) is 0 Å². The monoisotopic (exact) mass is 333 g/mol. The van der Waals surface area contributed by atoms with Crippen LogP contribution in [0.25, 0.3) is 0 Å². The number of anilines is 1. The third kappa shape index (κ3) is 3.45. The van der Waals surface area contributed by atoms with E-state index in [0.717, 1.165) is 6.26 Å². The fourth-order valence-corrected chi connectivity index (χ4v) is 2.79. The highest BCUT2D eigenvalue weighted by Gasteiger charge is 2.27. The summed E-state index contributed by atoms with van der Waals surface area (Å²) in [7, 11) is -3.26. The first-order valence-corrected chi connectivity index (χ1v) is 8.82. The third-order valence-corrected chi connectivity index (χ3v) is 4.48. The van der Waals surface area contributed by atoms with E-state index >= 15 is 0 Å². The average molecular weight is 333 g/mol. The van der Waals surface area contributed by atoms with Gasteiger partial charge in [-0.1, -0.05) is 12.1 Å². The van der Waals surface area contributed by atoms with Crippen LogP contribution >= 0.6 is 0 Å². The molecule has 0 spiro atoms. The summed E-state index contributed by atoms with van der Waals surface area (Å²) < 4.78 is 33.9. The molecule has 0 bridgehead atoms. The summed E-state index contributed by atoms with van der Waals surface area (Å²) in [4.78, 5) is 12.4. The molecule has 23 heavy (non-hydrogen) atoms. The molecule has 0 aliphatic carbocycles. The van der Waals surface area contributed by atoms with Crippen LogP contribution in [-0.2, 0) is 14.6 Å². The molecule has 1 heterocycles. The maximum atomic E-state index is 12.2. The summed E-state index contributed by atoms with van der Waals surface area (Å²) in [6.45, 7) is 0.115. The van der Waals surface area contributed by atoms with Gasteiger partial charge in [-0.15, -0.1) is 0 Å². The first kappa shape index (κ1) is 15.4. The maximum Gasteiger partial charge on any atom is 0.269 e. The number of ether oxygens (including phenoxy) is 2. The van der Waals surface area contributed by atoms with Crippen molar-refractivity contribution in [2.75, 3.05) is 18.2 Å². The van der Waals surface area contributed by atoms with Gasteiger partial charge in [-0.2, -0.15) is 0 Å². The predicted octanol–water partition coefficient (Wildman–Crippen LogP) is 1.87. The van der Waals surface area contributed by atoms with Crippen molar-refractivity contribution in [1.82, 2.24) is 0 Å².